The van der Waals surface area contributed by atoms with Crippen LogP contribution in [-0.2, 0) is 0 Å². The summed E-state index contributed by atoms with van der Waals surface area (Å²) >= 11 is 5.79. The number of nitrogens with zero attached hydrogens (tertiary/aromatic N) is 2. The van der Waals surface area contributed by atoms with Gasteiger partial charge in [0.2, 0.25) is 0 Å². The van der Waals surface area contributed by atoms with Gasteiger partial charge in [-0.2, -0.15) is 0 Å². The van der Waals surface area contributed by atoms with Crippen molar-refractivity contribution in [2.24, 2.45) is 4.99 Å². The Labute approximate surface area is 160 Å². The van der Waals surface area contributed by atoms with Gasteiger partial charge in [-0.1, -0.05) is 0 Å². The molecule has 0 heterocycles. The third kappa shape index (κ3) is 4.94. The predicted octanol–water partition coefficient (Wildman–Crippen LogP) is 6.07. The second-order valence-corrected chi connectivity index (χ2v) is 7.42. The molecule has 0 unspecified atom stereocenters. The summed E-state index contributed by atoms with van der Waals surface area (Å²) in [6.45, 7) is 7.13. The van der Waals surface area contributed by atoms with Crippen LogP contribution in [0, 0.1) is 17.4 Å². The lowest BCUT2D eigenvalue weighted by molar-refractivity contribution is 0.478. The van der Waals surface area contributed by atoms with Gasteiger partial charge in [0.25, 0.3) is 0 Å². The molecule has 23 heavy (non-hydrogen) atoms. The van der Waals surface area contributed by atoms with Gasteiger partial charge in [0.15, 0.2) is 0 Å². The van der Waals surface area contributed by atoms with Crippen LogP contribution in [-0.4, -0.2) is 24.8 Å². The fourth-order valence-corrected chi connectivity index (χ4v) is 2.67. The highest BCUT2D eigenvalue weighted by Crippen LogP contribution is 2.33. The van der Waals surface area contributed by atoms with Crippen LogP contribution in [0.2, 0.25) is 0 Å². The van der Waals surface area contributed by atoms with Crippen molar-refractivity contribution in [3.8, 4) is 11.5 Å². The molecule has 0 fully saturated rings. The van der Waals surface area contributed by atoms with Gasteiger partial charge >= 0.3 is 0 Å². The molecule has 0 N–H and O–H groups in total. The molecule has 0 radical (unpaired) electrons. The predicted molar refractivity (Wildman–Crippen MR) is 109 cm³/mol. The molecule has 0 aliphatic carbocycles. The number of ether oxygens (including phenoxy) is 1. The van der Waals surface area contributed by atoms with Crippen LogP contribution in [0.25, 0.3) is 0 Å². The van der Waals surface area contributed by atoms with E-state index in [-0.39, 0.29) is 0 Å². The molecule has 0 spiro atoms. The summed E-state index contributed by atoms with van der Waals surface area (Å²) < 4.78 is 8.24. The zero-order chi connectivity index (χ0) is 17.0. The van der Waals surface area contributed by atoms with E-state index in [1.54, 1.807) is 0 Å². The summed E-state index contributed by atoms with van der Waals surface area (Å²) in [7, 11) is 2.01. The average molecular weight is 487 g/mol. The molecule has 0 bridgehead atoms. The molecule has 2 aromatic carbocycles. The Hall–Kier alpha value is -1.08. The van der Waals surface area contributed by atoms with E-state index in [9.17, 15) is 0 Å². The lowest BCUT2D eigenvalue weighted by atomic mass is 10.1. The SMILES string of the molecule is CCN(C)C=Nc1cc(C)c(Oc2ccc(Br)c(I)c2)cc1C. The Morgan fingerprint density at radius 2 is 1.96 bits per heavy atom. The molecule has 2 rings (SSSR count). The lowest BCUT2D eigenvalue weighted by Crippen LogP contribution is -2.14. The molecule has 0 saturated carbocycles. The summed E-state index contributed by atoms with van der Waals surface area (Å²) in [5.41, 5.74) is 3.14. The minimum atomic E-state index is 0.835. The van der Waals surface area contributed by atoms with Crippen molar-refractivity contribution in [1.29, 1.82) is 0 Å². The first kappa shape index (κ1) is 18.3. The van der Waals surface area contributed by atoms with E-state index in [4.69, 9.17) is 4.74 Å². The minimum absolute atomic E-state index is 0.835. The quantitative estimate of drug-likeness (QED) is 0.291. The molecule has 122 valence electrons. The maximum absolute atomic E-state index is 6.04. The zero-order valence-corrected chi connectivity index (χ0v) is 17.5. The fourth-order valence-electron chi connectivity index (χ4n) is 1.93. The molecule has 5 heteroatoms. The summed E-state index contributed by atoms with van der Waals surface area (Å²) in [6, 6.07) is 10.1. The van der Waals surface area contributed by atoms with Crippen molar-refractivity contribution in [2.45, 2.75) is 20.8 Å². The van der Waals surface area contributed by atoms with E-state index < -0.39 is 0 Å². The van der Waals surface area contributed by atoms with Crippen LogP contribution in [0.5, 0.6) is 11.5 Å². The Morgan fingerprint density at radius 3 is 2.61 bits per heavy atom. The minimum Gasteiger partial charge on any atom is -0.457 e. The fraction of sp³-hybridized carbons (Fsp3) is 0.278. The highest BCUT2D eigenvalue weighted by molar-refractivity contribution is 14.1. The van der Waals surface area contributed by atoms with Crippen LogP contribution in [0.3, 0.4) is 0 Å². The number of rotatable bonds is 5. The first-order valence-corrected chi connectivity index (χ1v) is 9.26. The number of hydrogen-bond acceptors (Lipinski definition) is 2. The number of benzene rings is 2. The molecule has 0 amide bonds. The molecule has 2 aromatic rings. The second kappa shape index (κ2) is 8.15. The van der Waals surface area contributed by atoms with Gasteiger partial charge in [-0.3, -0.25) is 0 Å². The Bertz CT molecular complexity index is 731. The highest BCUT2D eigenvalue weighted by Gasteiger charge is 2.07. The van der Waals surface area contributed by atoms with E-state index in [1.807, 2.05) is 49.5 Å². The average Bonchev–Trinajstić information content (AvgIpc) is 2.52. The number of aryl methyl sites for hydroxylation is 2. The molecule has 3 nitrogen and oxygen atoms in total. The number of aliphatic imine (C=N–C) groups is 1. The number of halogens is 2. The van der Waals surface area contributed by atoms with Crippen molar-refractivity contribution in [1.82, 2.24) is 4.90 Å². The van der Waals surface area contributed by atoms with Gasteiger partial charge in [-0.15, -0.1) is 0 Å². The van der Waals surface area contributed by atoms with Crippen molar-refractivity contribution < 1.29 is 4.74 Å². The second-order valence-electron chi connectivity index (χ2n) is 5.40. The van der Waals surface area contributed by atoms with Crippen molar-refractivity contribution >= 4 is 50.5 Å². The molecular weight excluding hydrogens is 467 g/mol. The molecular formula is C18H20BrIN2O. The van der Waals surface area contributed by atoms with Crippen molar-refractivity contribution in [3.63, 3.8) is 0 Å². The standard InChI is InChI=1S/C18H20BrIN2O/c1-5-22(4)11-21-17-8-13(3)18(9-12(17)2)23-14-6-7-15(19)16(20)10-14/h6-11H,5H2,1-4H3. The van der Waals surface area contributed by atoms with E-state index >= 15 is 0 Å². The van der Waals surface area contributed by atoms with Gasteiger partial charge in [0.1, 0.15) is 11.5 Å². The molecule has 0 aliphatic rings. The van der Waals surface area contributed by atoms with Crippen molar-refractivity contribution in [2.75, 3.05) is 13.6 Å². The summed E-state index contributed by atoms with van der Waals surface area (Å²) in [5.74, 6) is 1.70. The smallest absolute Gasteiger partial charge is 0.130 e. The van der Waals surface area contributed by atoms with Gasteiger partial charge in [0.05, 0.1) is 12.0 Å². The van der Waals surface area contributed by atoms with Crippen LogP contribution in [0.1, 0.15) is 18.1 Å². The largest absolute Gasteiger partial charge is 0.457 e. The Kier molecular flexibility index (Phi) is 6.47. The summed E-state index contributed by atoms with van der Waals surface area (Å²) in [6.07, 6.45) is 1.86. The monoisotopic (exact) mass is 486 g/mol. The highest BCUT2D eigenvalue weighted by atomic mass is 127. The van der Waals surface area contributed by atoms with Crippen LogP contribution in [0.15, 0.2) is 39.8 Å². The summed E-state index contributed by atoms with van der Waals surface area (Å²) in [5, 5.41) is 0. The van der Waals surface area contributed by atoms with E-state index in [0.29, 0.717) is 0 Å². The van der Waals surface area contributed by atoms with Crippen molar-refractivity contribution in [3.05, 3.63) is 49.5 Å². The molecule has 0 atom stereocenters. The van der Waals surface area contributed by atoms with Crippen LogP contribution >= 0.6 is 38.5 Å². The van der Waals surface area contributed by atoms with Crippen LogP contribution < -0.4 is 4.74 Å². The van der Waals surface area contributed by atoms with E-state index in [1.165, 1.54) is 0 Å². The van der Waals surface area contributed by atoms with E-state index in [0.717, 1.165) is 42.9 Å². The van der Waals surface area contributed by atoms with Gasteiger partial charge in [-0.25, -0.2) is 4.99 Å². The molecule has 0 aliphatic heterocycles. The normalized spacial score (nSPS) is 11.0. The first-order chi connectivity index (χ1) is 10.9. The topological polar surface area (TPSA) is 24.8 Å². The molecule has 0 aromatic heterocycles. The third-order valence-corrected chi connectivity index (χ3v) is 5.83. The van der Waals surface area contributed by atoms with Gasteiger partial charge in [-0.05, 0) is 101 Å². The maximum atomic E-state index is 6.04. The number of hydrogen-bond donors (Lipinski definition) is 0. The van der Waals surface area contributed by atoms with Gasteiger partial charge < -0.3 is 9.64 Å². The van der Waals surface area contributed by atoms with E-state index in [2.05, 4.69) is 63.4 Å². The summed E-state index contributed by atoms with van der Waals surface area (Å²) in [4.78, 5) is 6.59. The maximum Gasteiger partial charge on any atom is 0.130 e. The zero-order valence-electron chi connectivity index (χ0n) is 13.7. The van der Waals surface area contributed by atoms with Crippen LogP contribution in [0.4, 0.5) is 5.69 Å². The molecule has 0 saturated heterocycles. The third-order valence-electron chi connectivity index (χ3n) is 3.51. The lowest BCUT2D eigenvalue weighted by Gasteiger charge is -2.13. The first-order valence-electron chi connectivity index (χ1n) is 7.39. The van der Waals surface area contributed by atoms with Gasteiger partial charge in [0, 0.05) is 21.6 Å². The Balaban J connectivity index is 2.25. The Morgan fingerprint density at radius 1 is 1.22 bits per heavy atom.